The summed E-state index contributed by atoms with van der Waals surface area (Å²) in [6, 6.07) is 23.1. The Balaban J connectivity index is 1.45. The highest BCUT2D eigenvalue weighted by Crippen LogP contribution is 2.26. The normalized spacial score (nSPS) is 17.6. The summed E-state index contributed by atoms with van der Waals surface area (Å²) in [4.78, 5) is 15.7. The Morgan fingerprint density at radius 1 is 0.972 bits per heavy atom. The van der Waals surface area contributed by atoms with Crippen LogP contribution in [0, 0.1) is 13.8 Å². The van der Waals surface area contributed by atoms with E-state index in [4.69, 9.17) is 9.47 Å². The van der Waals surface area contributed by atoms with Gasteiger partial charge in [-0.15, -0.1) is 0 Å². The molecular formula is C31H38N2O3. The fourth-order valence-corrected chi connectivity index (χ4v) is 5.34. The predicted molar refractivity (Wildman–Crippen MR) is 145 cm³/mol. The van der Waals surface area contributed by atoms with Gasteiger partial charge in [-0.05, 0) is 87.5 Å². The minimum absolute atomic E-state index is 0.141. The van der Waals surface area contributed by atoms with E-state index < -0.39 is 0 Å². The zero-order valence-electron chi connectivity index (χ0n) is 21.9. The SMILES string of the molecule is COc1ccc(OC)c(CCN[C@H]2CCN(C(=O)c3cc(C)cc(C)c3)[C@@H](Cc3ccccc3)C2)c1. The van der Waals surface area contributed by atoms with Gasteiger partial charge in [-0.1, -0.05) is 47.5 Å². The summed E-state index contributed by atoms with van der Waals surface area (Å²) in [5, 5.41) is 3.76. The Labute approximate surface area is 215 Å². The molecule has 0 saturated carbocycles. The zero-order chi connectivity index (χ0) is 25.5. The fourth-order valence-electron chi connectivity index (χ4n) is 5.34. The molecular weight excluding hydrogens is 448 g/mol. The van der Waals surface area contributed by atoms with Crippen molar-refractivity contribution in [2.75, 3.05) is 27.3 Å². The third-order valence-electron chi connectivity index (χ3n) is 7.07. The molecule has 1 saturated heterocycles. The highest BCUT2D eigenvalue weighted by molar-refractivity contribution is 5.95. The number of carbonyl (C=O) groups is 1. The van der Waals surface area contributed by atoms with Crippen molar-refractivity contribution in [1.29, 1.82) is 0 Å². The highest BCUT2D eigenvalue weighted by atomic mass is 16.5. The van der Waals surface area contributed by atoms with Gasteiger partial charge in [0.25, 0.3) is 5.91 Å². The first-order valence-corrected chi connectivity index (χ1v) is 12.8. The highest BCUT2D eigenvalue weighted by Gasteiger charge is 2.32. The second-order valence-electron chi connectivity index (χ2n) is 9.82. The van der Waals surface area contributed by atoms with E-state index in [0.29, 0.717) is 6.04 Å². The van der Waals surface area contributed by atoms with Crippen molar-refractivity contribution in [2.45, 2.75) is 51.6 Å². The van der Waals surface area contributed by atoms with Gasteiger partial charge in [0.2, 0.25) is 0 Å². The van der Waals surface area contributed by atoms with Crippen molar-refractivity contribution >= 4 is 5.91 Å². The molecule has 5 nitrogen and oxygen atoms in total. The molecule has 36 heavy (non-hydrogen) atoms. The lowest BCUT2D eigenvalue weighted by atomic mass is 9.91. The van der Waals surface area contributed by atoms with Crippen LogP contribution < -0.4 is 14.8 Å². The van der Waals surface area contributed by atoms with Gasteiger partial charge in [0.05, 0.1) is 14.2 Å². The fraction of sp³-hybridized carbons (Fsp3) is 0.387. The minimum atomic E-state index is 0.141. The van der Waals surface area contributed by atoms with E-state index in [1.807, 2.05) is 36.4 Å². The van der Waals surface area contributed by atoms with Crippen LogP contribution >= 0.6 is 0 Å². The summed E-state index contributed by atoms with van der Waals surface area (Å²) >= 11 is 0. The molecule has 1 N–H and O–H groups in total. The van der Waals surface area contributed by atoms with E-state index in [9.17, 15) is 4.79 Å². The molecule has 1 heterocycles. The van der Waals surface area contributed by atoms with Crippen LogP contribution in [0.4, 0.5) is 0 Å². The molecule has 0 radical (unpaired) electrons. The van der Waals surface area contributed by atoms with Crippen LogP contribution in [0.2, 0.25) is 0 Å². The monoisotopic (exact) mass is 486 g/mol. The molecule has 1 aliphatic rings. The topological polar surface area (TPSA) is 50.8 Å². The number of aryl methyl sites for hydroxylation is 2. The van der Waals surface area contributed by atoms with Gasteiger partial charge in [0.1, 0.15) is 11.5 Å². The van der Waals surface area contributed by atoms with Gasteiger partial charge in [-0.25, -0.2) is 0 Å². The number of nitrogens with zero attached hydrogens (tertiary/aromatic N) is 1. The maximum absolute atomic E-state index is 13.6. The molecule has 0 aliphatic carbocycles. The van der Waals surface area contributed by atoms with Crippen molar-refractivity contribution in [2.24, 2.45) is 0 Å². The zero-order valence-corrected chi connectivity index (χ0v) is 21.9. The van der Waals surface area contributed by atoms with E-state index in [-0.39, 0.29) is 11.9 Å². The number of methoxy groups -OCH3 is 2. The van der Waals surface area contributed by atoms with E-state index >= 15 is 0 Å². The van der Waals surface area contributed by atoms with E-state index in [0.717, 1.165) is 72.5 Å². The number of hydrogen-bond donors (Lipinski definition) is 1. The number of ether oxygens (including phenoxy) is 2. The molecule has 0 aromatic heterocycles. The average molecular weight is 487 g/mol. The van der Waals surface area contributed by atoms with Gasteiger partial charge >= 0.3 is 0 Å². The quantitative estimate of drug-likeness (QED) is 0.442. The van der Waals surface area contributed by atoms with Crippen molar-refractivity contribution in [3.63, 3.8) is 0 Å². The predicted octanol–water partition coefficient (Wildman–Crippen LogP) is 5.37. The van der Waals surface area contributed by atoms with Gasteiger partial charge in [-0.3, -0.25) is 4.79 Å². The molecule has 1 fully saturated rings. The van der Waals surface area contributed by atoms with Crippen LogP contribution in [0.5, 0.6) is 11.5 Å². The summed E-state index contributed by atoms with van der Waals surface area (Å²) in [6.45, 7) is 5.71. The van der Waals surface area contributed by atoms with E-state index in [2.05, 4.69) is 54.4 Å². The first-order valence-electron chi connectivity index (χ1n) is 12.8. The Kier molecular flexibility index (Phi) is 8.65. The number of rotatable bonds is 9. The molecule has 3 aromatic carbocycles. The number of amides is 1. The molecule has 0 unspecified atom stereocenters. The van der Waals surface area contributed by atoms with Gasteiger partial charge < -0.3 is 19.7 Å². The second kappa shape index (κ2) is 12.1. The van der Waals surface area contributed by atoms with Crippen LogP contribution in [0.1, 0.15) is 45.5 Å². The lowest BCUT2D eigenvalue weighted by Crippen LogP contribution is -2.52. The first-order chi connectivity index (χ1) is 17.5. The number of hydrogen-bond acceptors (Lipinski definition) is 4. The number of piperidine rings is 1. The molecule has 0 bridgehead atoms. The summed E-state index contributed by atoms with van der Waals surface area (Å²) in [6.07, 6.45) is 3.59. The Morgan fingerprint density at radius 2 is 1.72 bits per heavy atom. The molecule has 2 atom stereocenters. The van der Waals surface area contributed by atoms with Crippen molar-refractivity contribution in [3.8, 4) is 11.5 Å². The van der Waals surface area contributed by atoms with Crippen LogP contribution in [0.15, 0.2) is 66.7 Å². The lowest BCUT2D eigenvalue weighted by Gasteiger charge is -2.40. The van der Waals surface area contributed by atoms with E-state index in [1.54, 1.807) is 14.2 Å². The summed E-state index contributed by atoms with van der Waals surface area (Å²) in [5.41, 5.74) is 5.45. The van der Waals surface area contributed by atoms with Crippen molar-refractivity contribution in [3.05, 3.63) is 94.5 Å². The molecule has 4 rings (SSSR count). The van der Waals surface area contributed by atoms with Crippen LogP contribution in [-0.2, 0) is 12.8 Å². The molecule has 1 amide bonds. The molecule has 190 valence electrons. The lowest BCUT2D eigenvalue weighted by molar-refractivity contribution is 0.0577. The Bertz CT molecular complexity index is 1140. The first kappa shape index (κ1) is 25.8. The van der Waals surface area contributed by atoms with Crippen LogP contribution in [0.25, 0.3) is 0 Å². The average Bonchev–Trinajstić information content (AvgIpc) is 2.88. The third-order valence-corrected chi connectivity index (χ3v) is 7.07. The number of nitrogens with one attached hydrogen (secondary N) is 1. The van der Waals surface area contributed by atoms with Gasteiger partial charge in [0.15, 0.2) is 0 Å². The maximum Gasteiger partial charge on any atom is 0.254 e. The summed E-state index contributed by atoms with van der Waals surface area (Å²) in [7, 11) is 3.39. The number of carbonyl (C=O) groups excluding carboxylic acids is 1. The van der Waals surface area contributed by atoms with Crippen LogP contribution in [-0.4, -0.2) is 50.2 Å². The van der Waals surface area contributed by atoms with Gasteiger partial charge in [-0.2, -0.15) is 0 Å². The molecule has 0 spiro atoms. The number of likely N-dealkylation sites (tertiary alicyclic amines) is 1. The van der Waals surface area contributed by atoms with Gasteiger partial charge in [0, 0.05) is 24.2 Å². The summed E-state index contributed by atoms with van der Waals surface area (Å²) in [5.74, 6) is 1.86. The maximum atomic E-state index is 13.6. The number of benzene rings is 3. The second-order valence-corrected chi connectivity index (χ2v) is 9.82. The standard InChI is InChI=1S/C31H38N2O3/c1-22-16-23(2)18-26(17-22)31(34)33-15-13-27(21-28(33)19-24-8-6-5-7-9-24)32-14-12-25-20-29(35-3)10-11-30(25)36-4/h5-11,16-18,20,27-28,32H,12-15,19,21H2,1-4H3/t27-,28-/m0/s1. The Morgan fingerprint density at radius 3 is 2.42 bits per heavy atom. The minimum Gasteiger partial charge on any atom is -0.497 e. The largest absolute Gasteiger partial charge is 0.497 e. The third kappa shape index (κ3) is 6.46. The summed E-state index contributed by atoms with van der Waals surface area (Å²) < 4.78 is 10.9. The van der Waals surface area contributed by atoms with Crippen molar-refractivity contribution in [1.82, 2.24) is 10.2 Å². The molecule has 1 aliphatic heterocycles. The molecule has 5 heteroatoms. The Hall–Kier alpha value is -3.31. The van der Waals surface area contributed by atoms with Crippen molar-refractivity contribution < 1.29 is 14.3 Å². The van der Waals surface area contributed by atoms with E-state index in [1.165, 1.54) is 5.56 Å². The smallest absolute Gasteiger partial charge is 0.254 e. The molecule has 3 aromatic rings. The van der Waals surface area contributed by atoms with Crippen LogP contribution in [0.3, 0.4) is 0 Å².